The number of hydrogen-bond acceptors (Lipinski definition) is 3. The van der Waals surface area contributed by atoms with Crippen molar-refractivity contribution >= 4 is 13.8 Å². The highest BCUT2D eigenvalue weighted by Gasteiger charge is 2.31. The first-order valence-electron chi connectivity index (χ1n) is 4.50. The molecule has 0 aromatic carbocycles. The second-order valence-corrected chi connectivity index (χ2v) is 4.80. The van der Waals surface area contributed by atoms with Crippen molar-refractivity contribution in [1.29, 1.82) is 0 Å². The molecular weight excluding hydrogens is 187 g/mol. The molecule has 0 radical (unpaired) electrons. The molecule has 3 nitrogen and oxygen atoms in total. The van der Waals surface area contributed by atoms with Crippen LogP contribution in [0.15, 0.2) is 12.2 Å². The molecule has 0 N–H and O–H groups in total. The van der Waals surface area contributed by atoms with Gasteiger partial charge in [-0.1, -0.05) is 4.57 Å². The van der Waals surface area contributed by atoms with Crippen LogP contribution in [0.2, 0.25) is 0 Å². The summed E-state index contributed by atoms with van der Waals surface area (Å²) in [6.07, 6.45) is 5.57. The maximum Gasteiger partial charge on any atom is 0.350 e. The summed E-state index contributed by atoms with van der Waals surface area (Å²) in [5.74, 6) is -0.189. The van der Waals surface area contributed by atoms with Crippen molar-refractivity contribution in [3.8, 4) is 0 Å². The third kappa shape index (κ3) is 3.27. The summed E-state index contributed by atoms with van der Waals surface area (Å²) < 4.78 is 16.1. The summed E-state index contributed by atoms with van der Waals surface area (Å²) in [5.41, 5.74) is 0.0967. The standard InChI is InChI=1S/C9H14O3P/c1-2-12-9(10)6-5-8-4-3-7-13(8)11/h3-4,8H,2,5-7H2,1H3/q+1. The monoisotopic (exact) mass is 201 g/mol. The Bertz CT molecular complexity index is 235. The SMILES string of the molecule is CCOC(=O)CCC1C=CC[P+]1=O. The number of carbonyl (C=O) groups excluding carboxylic acids is 1. The molecule has 1 rings (SSSR count). The van der Waals surface area contributed by atoms with Gasteiger partial charge in [0.1, 0.15) is 0 Å². The lowest BCUT2D eigenvalue weighted by Crippen LogP contribution is -2.06. The maximum atomic E-state index is 11.3. The van der Waals surface area contributed by atoms with Gasteiger partial charge in [0.15, 0.2) is 11.8 Å². The van der Waals surface area contributed by atoms with Crippen molar-refractivity contribution in [3.05, 3.63) is 12.2 Å². The Morgan fingerprint density at radius 1 is 1.69 bits per heavy atom. The molecule has 1 aliphatic heterocycles. The molecule has 0 aromatic rings. The van der Waals surface area contributed by atoms with E-state index in [2.05, 4.69) is 0 Å². The molecular formula is C9H14O3P+. The van der Waals surface area contributed by atoms with E-state index in [1.165, 1.54) is 0 Å². The van der Waals surface area contributed by atoms with Gasteiger partial charge >= 0.3 is 13.8 Å². The van der Waals surface area contributed by atoms with E-state index in [1.54, 1.807) is 6.92 Å². The topological polar surface area (TPSA) is 43.4 Å². The van der Waals surface area contributed by atoms with Gasteiger partial charge in [0.05, 0.1) is 13.0 Å². The predicted octanol–water partition coefficient (Wildman–Crippen LogP) is 2.10. The van der Waals surface area contributed by atoms with Crippen molar-refractivity contribution in [2.45, 2.75) is 25.4 Å². The van der Waals surface area contributed by atoms with Crippen LogP contribution in [-0.2, 0) is 14.1 Å². The Kier molecular flexibility index (Phi) is 4.10. The quantitative estimate of drug-likeness (QED) is 0.397. The van der Waals surface area contributed by atoms with Crippen molar-refractivity contribution in [2.75, 3.05) is 12.8 Å². The number of allylic oxidation sites excluding steroid dienone is 2. The average molecular weight is 201 g/mol. The maximum absolute atomic E-state index is 11.3. The minimum absolute atomic E-state index is 0.0967. The summed E-state index contributed by atoms with van der Waals surface area (Å²) in [4.78, 5) is 11.0. The van der Waals surface area contributed by atoms with E-state index >= 15 is 0 Å². The lowest BCUT2D eigenvalue weighted by Gasteiger charge is -2.00. The van der Waals surface area contributed by atoms with E-state index in [9.17, 15) is 9.36 Å². The van der Waals surface area contributed by atoms with Crippen LogP contribution >= 0.6 is 7.80 Å². The zero-order chi connectivity index (χ0) is 9.68. The van der Waals surface area contributed by atoms with Crippen LogP contribution in [0.4, 0.5) is 0 Å². The van der Waals surface area contributed by atoms with Crippen molar-refractivity contribution in [3.63, 3.8) is 0 Å². The average Bonchev–Trinajstić information content (AvgIpc) is 2.48. The zero-order valence-corrected chi connectivity index (χ0v) is 8.63. The van der Waals surface area contributed by atoms with Crippen LogP contribution in [0.1, 0.15) is 19.8 Å². The lowest BCUT2D eigenvalue weighted by atomic mass is 10.2. The molecule has 4 heteroatoms. The van der Waals surface area contributed by atoms with E-state index in [0.717, 1.165) is 0 Å². The predicted molar refractivity (Wildman–Crippen MR) is 51.3 cm³/mol. The first kappa shape index (κ1) is 10.4. The normalized spacial score (nSPS) is 23.5. The van der Waals surface area contributed by atoms with Crippen molar-refractivity contribution < 1.29 is 14.1 Å². The number of esters is 1. The van der Waals surface area contributed by atoms with Crippen molar-refractivity contribution in [2.24, 2.45) is 0 Å². The highest BCUT2D eigenvalue weighted by molar-refractivity contribution is 7.46. The van der Waals surface area contributed by atoms with E-state index in [1.807, 2.05) is 12.2 Å². The number of rotatable bonds is 4. The van der Waals surface area contributed by atoms with Crippen LogP contribution < -0.4 is 0 Å². The van der Waals surface area contributed by atoms with Gasteiger partial charge in [0, 0.05) is 6.42 Å². The molecule has 0 saturated heterocycles. The molecule has 0 amide bonds. The number of ether oxygens (including phenoxy) is 1. The molecule has 0 fully saturated rings. The summed E-state index contributed by atoms with van der Waals surface area (Å²) >= 11 is 0. The molecule has 0 aromatic heterocycles. The van der Waals surface area contributed by atoms with E-state index in [0.29, 0.717) is 25.6 Å². The van der Waals surface area contributed by atoms with Crippen LogP contribution in [0.3, 0.4) is 0 Å². The Labute approximate surface area is 78.9 Å². The van der Waals surface area contributed by atoms with Crippen LogP contribution in [0.25, 0.3) is 0 Å². The first-order chi connectivity index (χ1) is 6.24. The molecule has 1 heterocycles. The van der Waals surface area contributed by atoms with Gasteiger partial charge in [-0.05, 0) is 19.1 Å². The second kappa shape index (κ2) is 5.13. The fourth-order valence-corrected chi connectivity index (χ4v) is 2.62. The molecule has 1 aliphatic rings. The van der Waals surface area contributed by atoms with Crippen LogP contribution in [-0.4, -0.2) is 24.4 Å². The van der Waals surface area contributed by atoms with E-state index < -0.39 is 7.80 Å². The summed E-state index contributed by atoms with van der Waals surface area (Å²) in [5, 5.41) is 0. The summed E-state index contributed by atoms with van der Waals surface area (Å²) in [6.45, 7) is 2.21. The molecule has 0 spiro atoms. The molecule has 72 valence electrons. The fourth-order valence-electron chi connectivity index (χ4n) is 1.29. The molecule has 0 saturated carbocycles. The van der Waals surface area contributed by atoms with Gasteiger partial charge < -0.3 is 4.74 Å². The van der Waals surface area contributed by atoms with Gasteiger partial charge in [-0.25, -0.2) is 0 Å². The highest BCUT2D eigenvalue weighted by Crippen LogP contribution is 2.37. The molecule has 2 atom stereocenters. The smallest absolute Gasteiger partial charge is 0.350 e. The summed E-state index contributed by atoms with van der Waals surface area (Å²) in [7, 11) is -1.14. The third-order valence-corrected chi connectivity index (χ3v) is 3.70. The third-order valence-electron chi connectivity index (χ3n) is 1.96. The van der Waals surface area contributed by atoms with Gasteiger partial charge in [0.2, 0.25) is 0 Å². The van der Waals surface area contributed by atoms with Gasteiger partial charge in [-0.2, -0.15) is 0 Å². The Hall–Kier alpha value is -0.690. The van der Waals surface area contributed by atoms with Crippen LogP contribution in [0.5, 0.6) is 0 Å². The van der Waals surface area contributed by atoms with Crippen LogP contribution in [0, 0.1) is 0 Å². The molecule has 0 bridgehead atoms. The van der Waals surface area contributed by atoms with Gasteiger partial charge in [0.25, 0.3) is 0 Å². The number of carbonyl (C=O) groups is 1. The molecule has 13 heavy (non-hydrogen) atoms. The second-order valence-electron chi connectivity index (χ2n) is 2.94. The van der Waals surface area contributed by atoms with Crippen molar-refractivity contribution in [1.82, 2.24) is 0 Å². The minimum Gasteiger partial charge on any atom is -0.466 e. The van der Waals surface area contributed by atoms with Gasteiger partial charge in [-0.15, -0.1) is 0 Å². The number of hydrogen-bond donors (Lipinski definition) is 0. The van der Waals surface area contributed by atoms with E-state index in [4.69, 9.17) is 4.74 Å². The molecule has 2 unspecified atom stereocenters. The highest BCUT2D eigenvalue weighted by atomic mass is 31.1. The Morgan fingerprint density at radius 2 is 2.46 bits per heavy atom. The van der Waals surface area contributed by atoms with E-state index in [-0.39, 0.29) is 11.6 Å². The van der Waals surface area contributed by atoms with Gasteiger partial charge in [-0.3, -0.25) is 4.79 Å². The Balaban J connectivity index is 2.22. The first-order valence-corrected chi connectivity index (χ1v) is 6.01. The summed E-state index contributed by atoms with van der Waals surface area (Å²) in [6, 6.07) is 0. The Morgan fingerprint density at radius 3 is 3.00 bits per heavy atom. The fraction of sp³-hybridized carbons (Fsp3) is 0.667. The molecule has 0 aliphatic carbocycles. The minimum atomic E-state index is -1.14. The lowest BCUT2D eigenvalue weighted by molar-refractivity contribution is -0.143. The zero-order valence-electron chi connectivity index (χ0n) is 7.73. The largest absolute Gasteiger partial charge is 0.466 e.